The van der Waals surface area contributed by atoms with Crippen molar-refractivity contribution >= 4 is 24.0 Å². The molecule has 114 valence electrons. The Bertz CT molecular complexity index is 514. The smallest absolute Gasteiger partial charge is 0.228 e. The number of nitrogens with one attached hydrogen (secondary N) is 2. The molecule has 0 heterocycles. The Morgan fingerprint density at radius 2 is 1.76 bits per heavy atom. The van der Waals surface area contributed by atoms with E-state index in [-0.39, 0.29) is 18.3 Å². The van der Waals surface area contributed by atoms with Gasteiger partial charge in [-0.3, -0.25) is 4.79 Å². The molecule has 4 unspecified atom stereocenters. The lowest BCUT2D eigenvalue weighted by Crippen LogP contribution is -2.18. The zero-order chi connectivity index (χ0) is 13.7. The summed E-state index contributed by atoms with van der Waals surface area (Å²) >= 11 is 0. The number of anilines is 1. The average Bonchev–Trinajstić information content (AvgIpc) is 2.90. The third-order valence-corrected chi connectivity index (χ3v) is 5.64. The highest BCUT2D eigenvalue weighted by Gasteiger charge is 2.67. The highest BCUT2D eigenvalue weighted by molar-refractivity contribution is 5.95. The van der Waals surface area contributed by atoms with Crippen molar-refractivity contribution in [2.75, 3.05) is 12.4 Å². The first-order valence-corrected chi connectivity index (χ1v) is 7.82. The summed E-state index contributed by atoms with van der Waals surface area (Å²) in [6.07, 6.45) is 4.14. The van der Waals surface area contributed by atoms with E-state index in [4.69, 9.17) is 0 Å². The fourth-order valence-electron chi connectivity index (χ4n) is 4.81. The third-order valence-electron chi connectivity index (χ3n) is 5.64. The maximum atomic E-state index is 12.4. The Morgan fingerprint density at radius 3 is 2.33 bits per heavy atom. The average molecular weight is 307 g/mol. The number of rotatable bonds is 4. The van der Waals surface area contributed by atoms with Gasteiger partial charge in [-0.25, -0.2) is 0 Å². The van der Waals surface area contributed by atoms with Crippen LogP contribution in [0.4, 0.5) is 5.69 Å². The topological polar surface area (TPSA) is 41.1 Å². The second-order valence-electron chi connectivity index (χ2n) is 6.73. The van der Waals surface area contributed by atoms with Crippen LogP contribution in [0.3, 0.4) is 0 Å². The molecule has 3 saturated carbocycles. The van der Waals surface area contributed by atoms with Gasteiger partial charge in [0.05, 0.1) is 0 Å². The molecule has 2 N–H and O–H groups in total. The van der Waals surface area contributed by atoms with Gasteiger partial charge in [0.1, 0.15) is 0 Å². The Kier molecular flexibility index (Phi) is 3.98. The van der Waals surface area contributed by atoms with Crippen molar-refractivity contribution in [2.45, 2.75) is 25.8 Å². The fourth-order valence-corrected chi connectivity index (χ4v) is 4.81. The van der Waals surface area contributed by atoms with Gasteiger partial charge in [-0.15, -0.1) is 12.4 Å². The second-order valence-corrected chi connectivity index (χ2v) is 6.73. The largest absolute Gasteiger partial charge is 0.326 e. The monoisotopic (exact) mass is 306 g/mol. The summed E-state index contributed by atoms with van der Waals surface area (Å²) in [5, 5.41) is 6.24. The number of carbonyl (C=O) groups excluding carboxylic acids is 1. The van der Waals surface area contributed by atoms with E-state index in [0.29, 0.717) is 5.92 Å². The van der Waals surface area contributed by atoms with Gasteiger partial charge in [0, 0.05) is 18.2 Å². The van der Waals surface area contributed by atoms with Gasteiger partial charge in [-0.2, -0.15) is 0 Å². The zero-order valence-electron chi connectivity index (χ0n) is 12.3. The van der Waals surface area contributed by atoms with Crippen molar-refractivity contribution in [2.24, 2.45) is 29.6 Å². The summed E-state index contributed by atoms with van der Waals surface area (Å²) < 4.78 is 0. The molecular formula is C17H23ClN2O. The van der Waals surface area contributed by atoms with Crippen LogP contribution in [0.2, 0.25) is 0 Å². The Morgan fingerprint density at radius 1 is 1.14 bits per heavy atom. The minimum Gasteiger partial charge on any atom is -0.326 e. The standard InChI is InChI=1S/C17H22N2O.ClH/c1-18-9-10-2-6-13(7-3-10)19-17(20)16-14-11-4-5-12(8-11)15(14)16;/h2-3,6-7,11-12,14-16,18H,4-5,8-9H2,1H3,(H,19,20);1H. The van der Waals surface area contributed by atoms with Gasteiger partial charge in [0.25, 0.3) is 0 Å². The lowest BCUT2D eigenvalue weighted by Gasteiger charge is -2.10. The van der Waals surface area contributed by atoms with Crippen LogP contribution in [-0.2, 0) is 11.3 Å². The molecule has 4 rings (SSSR count). The number of hydrogen-bond donors (Lipinski definition) is 2. The molecule has 0 spiro atoms. The fraction of sp³-hybridized carbons (Fsp3) is 0.588. The van der Waals surface area contributed by atoms with Gasteiger partial charge < -0.3 is 10.6 Å². The van der Waals surface area contributed by atoms with E-state index in [1.165, 1.54) is 24.8 Å². The van der Waals surface area contributed by atoms with E-state index >= 15 is 0 Å². The van der Waals surface area contributed by atoms with Gasteiger partial charge in [-0.05, 0) is 67.7 Å². The highest BCUT2D eigenvalue weighted by Crippen LogP contribution is 2.69. The van der Waals surface area contributed by atoms with Gasteiger partial charge in [-0.1, -0.05) is 12.1 Å². The van der Waals surface area contributed by atoms with Crippen LogP contribution in [0.25, 0.3) is 0 Å². The molecule has 4 heteroatoms. The van der Waals surface area contributed by atoms with Crippen molar-refractivity contribution in [3.63, 3.8) is 0 Å². The molecule has 2 bridgehead atoms. The first-order chi connectivity index (χ1) is 9.78. The van der Waals surface area contributed by atoms with Gasteiger partial charge in [0.2, 0.25) is 5.91 Å². The summed E-state index contributed by atoms with van der Waals surface area (Å²) in [5.41, 5.74) is 2.18. The molecule has 3 fully saturated rings. The maximum absolute atomic E-state index is 12.4. The molecule has 3 nitrogen and oxygen atoms in total. The maximum Gasteiger partial charge on any atom is 0.228 e. The number of carbonyl (C=O) groups is 1. The molecule has 0 radical (unpaired) electrons. The minimum absolute atomic E-state index is 0. The van der Waals surface area contributed by atoms with Crippen molar-refractivity contribution in [1.82, 2.24) is 5.32 Å². The minimum atomic E-state index is 0. The lowest BCUT2D eigenvalue weighted by atomic mass is 10.0. The van der Waals surface area contributed by atoms with Crippen LogP contribution in [0.15, 0.2) is 24.3 Å². The predicted molar refractivity (Wildman–Crippen MR) is 86.4 cm³/mol. The molecule has 3 aliphatic rings. The third kappa shape index (κ3) is 2.47. The van der Waals surface area contributed by atoms with Crippen molar-refractivity contribution in [1.29, 1.82) is 0 Å². The molecule has 0 saturated heterocycles. The van der Waals surface area contributed by atoms with E-state index in [2.05, 4.69) is 22.8 Å². The molecule has 1 aromatic carbocycles. The Labute approximate surface area is 132 Å². The first-order valence-electron chi connectivity index (χ1n) is 7.82. The van der Waals surface area contributed by atoms with Gasteiger partial charge in [0.15, 0.2) is 0 Å². The molecule has 3 aliphatic carbocycles. The van der Waals surface area contributed by atoms with Crippen molar-refractivity contribution in [3.8, 4) is 0 Å². The van der Waals surface area contributed by atoms with Crippen molar-refractivity contribution < 1.29 is 4.79 Å². The lowest BCUT2D eigenvalue weighted by molar-refractivity contribution is -0.118. The zero-order valence-corrected chi connectivity index (χ0v) is 13.2. The summed E-state index contributed by atoms with van der Waals surface area (Å²) in [4.78, 5) is 12.4. The summed E-state index contributed by atoms with van der Waals surface area (Å²) in [7, 11) is 1.94. The summed E-state index contributed by atoms with van der Waals surface area (Å²) in [5.74, 6) is 3.74. The van der Waals surface area contributed by atoms with Crippen LogP contribution in [-0.4, -0.2) is 13.0 Å². The van der Waals surface area contributed by atoms with Crippen LogP contribution in [0.5, 0.6) is 0 Å². The van der Waals surface area contributed by atoms with Crippen LogP contribution < -0.4 is 10.6 Å². The molecule has 0 aromatic heterocycles. The van der Waals surface area contributed by atoms with E-state index < -0.39 is 0 Å². The quantitative estimate of drug-likeness (QED) is 0.897. The van der Waals surface area contributed by atoms with Crippen LogP contribution >= 0.6 is 12.4 Å². The number of halogens is 1. The van der Waals surface area contributed by atoms with E-state index in [1.54, 1.807) is 0 Å². The van der Waals surface area contributed by atoms with E-state index in [0.717, 1.165) is 35.9 Å². The van der Waals surface area contributed by atoms with E-state index in [9.17, 15) is 4.79 Å². The second kappa shape index (κ2) is 5.62. The normalized spacial score (nSPS) is 35.0. The molecule has 21 heavy (non-hydrogen) atoms. The molecular weight excluding hydrogens is 284 g/mol. The van der Waals surface area contributed by atoms with Gasteiger partial charge >= 0.3 is 0 Å². The number of hydrogen-bond acceptors (Lipinski definition) is 2. The molecule has 4 atom stereocenters. The highest BCUT2D eigenvalue weighted by atomic mass is 35.5. The predicted octanol–water partition coefficient (Wildman–Crippen LogP) is 3.06. The SMILES string of the molecule is CNCc1ccc(NC(=O)C2C3C4CCC(C4)C23)cc1.Cl. The first kappa shape index (κ1) is 14.9. The molecule has 1 aromatic rings. The number of benzene rings is 1. The Balaban J connectivity index is 0.00000132. The summed E-state index contributed by atoms with van der Waals surface area (Å²) in [6, 6.07) is 8.17. The summed E-state index contributed by atoms with van der Waals surface area (Å²) in [6.45, 7) is 0.865. The molecule has 1 amide bonds. The number of amides is 1. The van der Waals surface area contributed by atoms with Crippen LogP contribution in [0, 0.1) is 29.6 Å². The van der Waals surface area contributed by atoms with E-state index in [1.807, 2.05) is 19.2 Å². The van der Waals surface area contributed by atoms with Crippen LogP contribution in [0.1, 0.15) is 24.8 Å². The molecule has 0 aliphatic heterocycles. The van der Waals surface area contributed by atoms with Crippen molar-refractivity contribution in [3.05, 3.63) is 29.8 Å². The number of fused-ring (bicyclic) bond motifs is 5. The Hall–Kier alpha value is -1.06.